The molecule has 1 aromatic carbocycles. The molecule has 0 radical (unpaired) electrons. The number of aliphatic hydroxyl groups excluding tert-OH is 1. The van der Waals surface area contributed by atoms with E-state index in [0.717, 1.165) is 24.8 Å². The molecule has 2 rings (SSSR count). The normalized spacial score (nSPS) is 20.8. The zero-order valence-electron chi connectivity index (χ0n) is 16.3. The summed E-state index contributed by atoms with van der Waals surface area (Å²) >= 11 is 0. The van der Waals surface area contributed by atoms with Crippen LogP contribution in [-0.4, -0.2) is 51.9 Å². The van der Waals surface area contributed by atoms with E-state index in [4.69, 9.17) is 9.84 Å². The van der Waals surface area contributed by atoms with Gasteiger partial charge in [0, 0.05) is 5.25 Å². The highest BCUT2D eigenvalue weighted by Gasteiger charge is 2.30. The van der Waals surface area contributed by atoms with Crippen LogP contribution in [0.1, 0.15) is 54.6 Å². The Bertz CT molecular complexity index is 753. The van der Waals surface area contributed by atoms with E-state index in [1.54, 1.807) is 6.07 Å². The number of carbonyl (C=O) groups is 1. The van der Waals surface area contributed by atoms with E-state index in [1.807, 2.05) is 13.2 Å². The van der Waals surface area contributed by atoms with E-state index in [-0.39, 0.29) is 46.0 Å². The number of hydrogen-bond donors (Lipinski definition) is 3. The maximum atomic E-state index is 12.5. The predicted octanol–water partition coefficient (Wildman–Crippen LogP) is 3.71. The topological polar surface area (TPSA) is 87.0 Å². The zero-order chi connectivity index (χ0) is 20.1. The van der Waals surface area contributed by atoms with Crippen molar-refractivity contribution in [3.05, 3.63) is 28.8 Å². The Hall–Kier alpha value is -1.79. The van der Waals surface area contributed by atoms with Crippen molar-refractivity contribution >= 4 is 27.9 Å². The van der Waals surface area contributed by atoms with Crippen molar-refractivity contribution in [3.63, 3.8) is 0 Å². The van der Waals surface area contributed by atoms with Crippen molar-refractivity contribution in [2.75, 3.05) is 19.5 Å². The molecule has 0 aromatic heterocycles. The summed E-state index contributed by atoms with van der Waals surface area (Å²) in [7, 11) is -0.185. The average Bonchev–Trinajstić information content (AvgIpc) is 2.59. The van der Waals surface area contributed by atoms with Crippen LogP contribution in [0.3, 0.4) is 0 Å². The Balaban J connectivity index is 2.66. The third-order valence-electron chi connectivity index (χ3n) is 4.88. The summed E-state index contributed by atoms with van der Waals surface area (Å²) in [6.07, 6.45) is 7.34. The van der Waals surface area contributed by atoms with E-state index in [2.05, 4.69) is 18.9 Å². The minimum absolute atomic E-state index is 0.0227. The molecule has 3 N–H and O–H groups in total. The molecule has 1 aliphatic rings. The molecule has 1 aromatic rings. The van der Waals surface area contributed by atoms with Crippen LogP contribution in [0, 0.1) is 5.92 Å². The van der Waals surface area contributed by atoms with Crippen molar-refractivity contribution in [2.45, 2.75) is 44.8 Å². The van der Waals surface area contributed by atoms with Crippen molar-refractivity contribution in [2.24, 2.45) is 5.92 Å². The highest BCUT2D eigenvalue weighted by molar-refractivity contribution is 8.14. The Morgan fingerprint density at radius 2 is 2.07 bits per heavy atom. The summed E-state index contributed by atoms with van der Waals surface area (Å²) in [5.74, 6) is 3.55. The number of hydrogen-bond acceptors (Lipinski definition) is 5. The molecule has 0 bridgehead atoms. The molecule has 6 heteroatoms. The molecular weight excluding hydrogens is 364 g/mol. The van der Waals surface area contributed by atoms with Gasteiger partial charge in [-0.15, -0.1) is 0 Å². The molecule has 1 aliphatic carbocycles. The Kier molecular flexibility index (Phi) is 7.50. The van der Waals surface area contributed by atoms with E-state index in [0.29, 0.717) is 23.5 Å². The number of phenols is 2. The molecule has 3 atom stereocenters. The fourth-order valence-corrected chi connectivity index (χ4v) is 4.79. The fourth-order valence-electron chi connectivity index (χ4n) is 3.63. The number of aryl methyl sites for hydroxylation is 1. The van der Waals surface area contributed by atoms with Crippen LogP contribution in [0.25, 0.3) is 5.57 Å². The highest BCUT2D eigenvalue weighted by atomic mass is 32.2. The second-order valence-corrected chi connectivity index (χ2v) is 9.07. The quantitative estimate of drug-likeness (QED) is 0.485. The van der Waals surface area contributed by atoms with Gasteiger partial charge in [-0.3, -0.25) is 0 Å². The average molecular weight is 395 g/mol. The summed E-state index contributed by atoms with van der Waals surface area (Å²) < 4.78 is 5.06. The molecule has 0 amide bonds. The van der Waals surface area contributed by atoms with Crippen LogP contribution in [0.2, 0.25) is 0 Å². The largest absolute Gasteiger partial charge is 0.507 e. The maximum Gasteiger partial charge on any atom is 0.342 e. The molecule has 0 aliphatic heterocycles. The van der Waals surface area contributed by atoms with Crippen LogP contribution < -0.4 is 0 Å². The van der Waals surface area contributed by atoms with Crippen molar-refractivity contribution in [1.82, 2.24) is 0 Å². The van der Waals surface area contributed by atoms with E-state index >= 15 is 0 Å². The molecule has 0 spiro atoms. The van der Waals surface area contributed by atoms with E-state index in [1.165, 1.54) is 0 Å². The van der Waals surface area contributed by atoms with Gasteiger partial charge in [0.1, 0.15) is 23.7 Å². The number of allylic oxidation sites excluding steroid dienone is 1. The summed E-state index contributed by atoms with van der Waals surface area (Å²) in [4.78, 5) is 12.5. The van der Waals surface area contributed by atoms with Gasteiger partial charge in [-0.1, -0.05) is 32.2 Å². The number of benzene rings is 1. The Labute approximate surface area is 163 Å². The number of rotatable bonds is 7. The summed E-state index contributed by atoms with van der Waals surface area (Å²) in [6.45, 7) is 3.63. The van der Waals surface area contributed by atoms with Crippen LogP contribution in [0.5, 0.6) is 11.5 Å². The predicted molar refractivity (Wildman–Crippen MR) is 112 cm³/mol. The maximum absolute atomic E-state index is 12.5. The second-order valence-electron chi connectivity index (χ2n) is 7.12. The minimum Gasteiger partial charge on any atom is -0.507 e. The van der Waals surface area contributed by atoms with Crippen LogP contribution in [-0.2, 0) is 11.2 Å². The van der Waals surface area contributed by atoms with Crippen molar-refractivity contribution in [3.8, 4) is 11.5 Å². The third-order valence-corrected chi connectivity index (χ3v) is 6.34. The second kappa shape index (κ2) is 9.42. The first kappa shape index (κ1) is 21.5. The van der Waals surface area contributed by atoms with Gasteiger partial charge in [-0.05, 0) is 48.6 Å². The third kappa shape index (κ3) is 4.74. The smallest absolute Gasteiger partial charge is 0.342 e. The van der Waals surface area contributed by atoms with Gasteiger partial charge in [-0.25, -0.2) is 4.79 Å². The summed E-state index contributed by atoms with van der Waals surface area (Å²) in [5.41, 5.74) is 1.79. The fraction of sp³-hybridized carbons (Fsp3) is 0.524. The highest BCUT2D eigenvalue weighted by Crippen LogP contribution is 2.47. The minimum atomic E-state index is -0.683. The van der Waals surface area contributed by atoms with Crippen LogP contribution in [0.15, 0.2) is 12.1 Å². The van der Waals surface area contributed by atoms with Crippen molar-refractivity contribution < 1.29 is 24.9 Å². The molecule has 2 unspecified atom stereocenters. The molecule has 0 fully saturated rings. The number of esters is 1. The SMILES string of the molecule is C=S(C)[C@@H]1CCC(C)C=C1c1c(O)cc(CCC)c(C(=O)OCCO)c1O. The molecule has 150 valence electrons. The van der Waals surface area contributed by atoms with E-state index in [9.17, 15) is 15.0 Å². The lowest BCUT2D eigenvalue weighted by Crippen LogP contribution is -2.17. The molecule has 27 heavy (non-hydrogen) atoms. The molecule has 5 nitrogen and oxygen atoms in total. The molecule has 0 saturated carbocycles. The first-order valence-electron chi connectivity index (χ1n) is 9.34. The Morgan fingerprint density at radius 3 is 2.67 bits per heavy atom. The molecule has 0 heterocycles. The first-order chi connectivity index (χ1) is 12.8. The van der Waals surface area contributed by atoms with Gasteiger partial charge >= 0.3 is 5.97 Å². The molecule has 0 saturated heterocycles. The number of ether oxygens (including phenoxy) is 1. The number of carbonyl (C=O) groups excluding carboxylic acids is 1. The monoisotopic (exact) mass is 394 g/mol. The lowest BCUT2D eigenvalue weighted by atomic mass is 9.85. The lowest BCUT2D eigenvalue weighted by molar-refractivity contribution is 0.0429. The van der Waals surface area contributed by atoms with Gasteiger partial charge in [0.05, 0.1) is 12.2 Å². The van der Waals surface area contributed by atoms with Gasteiger partial charge in [0.2, 0.25) is 0 Å². The Morgan fingerprint density at radius 1 is 1.37 bits per heavy atom. The van der Waals surface area contributed by atoms with Crippen LogP contribution in [0.4, 0.5) is 0 Å². The summed E-state index contributed by atoms with van der Waals surface area (Å²) in [5, 5.41) is 30.8. The first-order valence-corrected chi connectivity index (χ1v) is 11.2. The number of aromatic hydroxyl groups is 2. The van der Waals surface area contributed by atoms with Gasteiger partial charge < -0.3 is 20.1 Å². The molecular formula is C21H30O5S. The van der Waals surface area contributed by atoms with E-state index < -0.39 is 5.97 Å². The van der Waals surface area contributed by atoms with Gasteiger partial charge in [-0.2, -0.15) is 10.5 Å². The standard InChI is InChI=1S/C21H30O5S/c1-5-6-14-12-16(23)19(20(24)18(14)21(25)26-10-9-22)15-11-13(2)7-8-17(15)27(3)4/h11-13,17,22-24H,3,5-10H2,1-2,4H3/t13?,17-,27?/m1/s1. The zero-order valence-corrected chi connectivity index (χ0v) is 17.1. The van der Waals surface area contributed by atoms with Gasteiger partial charge in [0.15, 0.2) is 0 Å². The lowest BCUT2D eigenvalue weighted by Gasteiger charge is -2.30. The number of aliphatic hydroxyl groups is 1. The van der Waals surface area contributed by atoms with Crippen molar-refractivity contribution in [1.29, 1.82) is 0 Å². The summed E-state index contributed by atoms with van der Waals surface area (Å²) in [6, 6.07) is 1.56. The van der Waals surface area contributed by atoms with Crippen LogP contribution >= 0.6 is 10.5 Å². The van der Waals surface area contributed by atoms with Gasteiger partial charge in [0.25, 0.3) is 0 Å². The number of phenolic OH excluding ortho intramolecular Hbond substituents is 2.